The number of hydrogen-bond acceptors (Lipinski definition) is 0. The number of halogens is 2. The maximum Gasteiger partial charge on any atom is -1.00 e. The first-order valence-corrected chi connectivity index (χ1v) is 19.5. The second-order valence-electron chi connectivity index (χ2n) is 10.2. The maximum atomic E-state index is 3.40. The van der Waals surface area contributed by atoms with E-state index in [9.17, 15) is 0 Å². The molecule has 0 amide bonds. The average Bonchev–Trinajstić information content (AvgIpc) is 3.25. The molecule has 0 bridgehead atoms. The van der Waals surface area contributed by atoms with Crippen molar-refractivity contribution in [3.05, 3.63) is 70.8 Å². The summed E-state index contributed by atoms with van der Waals surface area (Å²) in [6.07, 6.45) is 8.81. The van der Waals surface area contributed by atoms with Gasteiger partial charge in [0.1, 0.15) is 0 Å². The summed E-state index contributed by atoms with van der Waals surface area (Å²) in [6.45, 7) is 18.7. The van der Waals surface area contributed by atoms with Crippen LogP contribution in [-0.4, -0.2) is 20.4 Å². The third-order valence-electron chi connectivity index (χ3n) is 5.85. The molecule has 0 nitrogen and oxygen atoms in total. The molecule has 172 valence electrons. The molecular formula is C27H36Cl2Si2Zr-2. The van der Waals surface area contributed by atoms with Gasteiger partial charge in [0, 0.05) is 0 Å². The molecule has 4 rings (SSSR count). The number of benzene rings is 2. The van der Waals surface area contributed by atoms with E-state index in [4.69, 9.17) is 0 Å². The van der Waals surface area contributed by atoms with E-state index < -0.39 is 16.1 Å². The third kappa shape index (κ3) is 7.88. The summed E-state index contributed by atoms with van der Waals surface area (Å²) in [7, 11) is -2.29. The summed E-state index contributed by atoms with van der Waals surface area (Å²) in [5.41, 5.74) is 8.43. The van der Waals surface area contributed by atoms with E-state index in [0.29, 0.717) is 0 Å². The first-order chi connectivity index (χ1) is 14.0. The molecule has 0 saturated heterocycles. The Kier molecular flexibility index (Phi) is 12.8. The Labute approximate surface area is 226 Å². The van der Waals surface area contributed by atoms with Gasteiger partial charge in [-0.3, -0.25) is 12.2 Å². The molecule has 0 atom stereocenters. The van der Waals surface area contributed by atoms with Gasteiger partial charge in [0.25, 0.3) is 0 Å². The fourth-order valence-electron chi connectivity index (χ4n) is 3.74. The molecule has 0 aliphatic heterocycles. The van der Waals surface area contributed by atoms with E-state index in [0.717, 1.165) is 12.8 Å². The predicted octanol–water partition coefficient (Wildman–Crippen LogP) is -0.0380. The SMILES string of the molecule is CC1=[C-]Cc2ccc([Si](C)(C)C)cc21.CC1=[C-]Cc2ccc([Si](C)(C)C)cc21.[CH2]=[Zr+2].[Cl-].[Cl-]. The normalized spacial score (nSPS) is 13.6. The maximum absolute atomic E-state index is 3.40. The van der Waals surface area contributed by atoms with Gasteiger partial charge in [0.05, 0.1) is 16.1 Å². The van der Waals surface area contributed by atoms with Gasteiger partial charge in [-0.1, -0.05) is 87.8 Å². The standard InChI is InChI=1S/2C13H17Si.CH2.2ClH.Zr/c2*1-10-5-6-11-7-8-12(9-13(10)11)14(2,3)4;;;;/h2*7-9H,6H2,1-4H3;1H2;2*1H;/q2*-1;;;;+2/p-2. The van der Waals surface area contributed by atoms with Crippen LogP contribution in [0.25, 0.3) is 11.1 Å². The first kappa shape index (κ1) is 31.7. The van der Waals surface area contributed by atoms with E-state index in [1.807, 2.05) is 0 Å². The molecular weight excluding hydrogens is 543 g/mol. The van der Waals surface area contributed by atoms with Gasteiger partial charge in [-0.2, -0.15) is 11.1 Å². The Morgan fingerprint density at radius 1 is 0.656 bits per heavy atom. The Morgan fingerprint density at radius 2 is 0.969 bits per heavy atom. The quantitative estimate of drug-likeness (QED) is 0.347. The van der Waals surface area contributed by atoms with Crippen molar-refractivity contribution in [3.63, 3.8) is 0 Å². The van der Waals surface area contributed by atoms with Crippen molar-refractivity contribution in [2.24, 2.45) is 0 Å². The molecule has 5 heteroatoms. The molecule has 0 aromatic heterocycles. The predicted molar refractivity (Wildman–Crippen MR) is 138 cm³/mol. The topological polar surface area (TPSA) is 0 Å². The van der Waals surface area contributed by atoms with Crippen molar-refractivity contribution < 1.29 is 49.0 Å². The summed E-state index contributed by atoms with van der Waals surface area (Å²) in [4.78, 5) is 0. The monoisotopic (exact) mass is 576 g/mol. The zero-order chi connectivity index (χ0) is 22.7. The van der Waals surface area contributed by atoms with E-state index in [2.05, 4.69) is 106 Å². The molecule has 0 saturated carbocycles. The van der Waals surface area contributed by atoms with Crippen LogP contribution in [0.15, 0.2) is 36.4 Å². The minimum Gasteiger partial charge on any atom is -1.00 e. The van der Waals surface area contributed by atoms with Crippen molar-refractivity contribution in [2.75, 3.05) is 0 Å². The molecule has 0 unspecified atom stereocenters. The summed E-state index contributed by atoms with van der Waals surface area (Å²) in [6, 6.07) is 14.0. The fourth-order valence-corrected chi connectivity index (χ4v) is 6.06. The van der Waals surface area contributed by atoms with Crippen molar-refractivity contribution in [1.29, 1.82) is 0 Å². The van der Waals surface area contributed by atoms with Gasteiger partial charge >= 0.3 is 28.4 Å². The summed E-state index contributed by atoms with van der Waals surface area (Å²) < 4.78 is 3.34. The Balaban J connectivity index is 0.000000527. The second-order valence-corrected chi connectivity index (χ2v) is 20.4. The van der Waals surface area contributed by atoms with E-state index in [-0.39, 0.29) is 24.8 Å². The summed E-state index contributed by atoms with van der Waals surface area (Å²) >= 11 is 1.30. The van der Waals surface area contributed by atoms with Crippen LogP contribution in [0.1, 0.15) is 36.1 Å². The van der Waals surface area contributed by atoms with Gasteiger partial charge in [-0.15, -0.1) is 36.1 Å². The molecule has 32 heavy (non-hydrogen) atoms. The van der Waals surface area contributed by atoms with Gasteiger partial charge in [-0.05, 0) is 0 Å². The number of allylic oxidation sites excluding steroid dienone is 4. The first-order valence-electron chi connectivity index (χ1n) is 10.7. The molecule has 2 aromatic carbocycles. The average molecular weight is 579 g/mol. The number of hydrogen-bond donors (Lipinski definition) is 0. The van der Waals surface area contributed by atoms with Crippen molar-refractivity contribution in [1.82, 2.24) is 0 Å². The largest absolute Gasteiger partial charge is 1.00 e. The van der Waals surface area contributed by atoms with Crippen molar-refractivity contribution in [3.8, 4) is 0 Å². The molecule has 0 fully saturated rings. The van der Waals surface area contributed by atoms with Gasteiger partial charge in [0.2, 0.25) is 0 Å². The van der Waals surface area contributed by atoms with Crippen LogP contribution in [0.3, 0.4) is 0 Å². The van der Waals surface area contributed by atoms with E-state index >= 15 is 0 Å². The number of rotatable bonds is 2. The minimum atomic E-state index is -1.15. The second kappa shape index (κ2) is 13.0. The van der Waals surface area contributed by atoms with Crippen LogP contribution in [0.5, 0.6) is 0 Å². The summed E-state index contributed by atoms with van der Waals surface area (Å²) in [5.74, 6) is 0. The fraction of sp³-hybridized carbons (Fsp3) is 0.370. The van der Waals surface area contributed by atoms with Gasteiger partial charge in [0.15, 0.2) is 0 Å². The van der Waals surface area contributed by atoms with Crippen LogP contribution in [0.4, 0.5) is 0 Å². The molecule has 0 spiro atoms. The zero-order valence-electron chi connectivity index (χ0n) is 20.8. The Morgan fingerprint density at radius 3 is 1.25 bits per heavy atom. The molecule has 2 aliphatic carbocycles. The minimum absolute atomic E-state index is 0. The van der Waals surface area contributed by atoms with E-state index in [1.165, 1.54) is 57.6 Å². The molecule has 2 aliphatic rings. The molecule has 0 heterocycles. The van der Waals surface area contributed by atoms with Crippen LogP contribution in [-0.2, 0) is 37.1 Å². The molecule has 0 radical (unpaired) electrons. The third-order valence-corrected chi connectivity index (χ3v) is 9.93. The number of fused-ring (bicyclic) bond motifs is 2. The summed E-state index contributed by atoms with van der Waals surface area (Å²) in [5, 5.41) is 3.11. The van der Waals surface area contributed by atoms with Crippen LogP contribution >= 0.6 is 0 Å². The van der Waals surface area contributed by atoms with Gasteiger partial charge < -0.3 is 24.8 Å². The van der Waals surface area contributed by atoms with Crippen LogP contribution in [0.2, 0.25) is 39.3 Å². The van der Waals surface area contributed by atoms with Gasteiger partial charge in [-0.25, -0.2) is 11.1 Å². The molecule has 0 N–H and O–H groups in total. The van der Waals surface area contributed by atoms with Crippen LogP contribution < -0.4 is 35.2 Å². The smallest absolute Gasteiger partial charge is 1.00 e. The molecule has 2 aromatic rings. The van der Waals surface area contributed by atoms with E-state index in [1.54, 1.807) is 10.4 Å². The Bertz CT molecular complexity index is 901. The van der Waals surface area contributed by atoms with Crippen molar-refractivity contribution in [2.45, 2.75) is 66.0 Å². The van der Waals surface area contributed by atoms with Crippen molar-refractivity contribution >= 4 is 41.9 Å². The zero-order valence-corrected chi connectivity index (χ0v) is 26.8. The van der Waals surface area contributed by atoms with Crippen LogP contribution in [0, 0.1) is 12.2 Å². The Hall–Kier alpha value is -0.313.